The number of methoxy groups -OCH3 is 1. The second kappa shape index (κ2) is 10.1. The SMILES string of the molecule is CCOC(=O)c1cc(NC(=O)c2ccccc2)c(=O)oc1/C=C/c1cc(OC)ccc1N. The molecule has 0 unspecified atom stereocenters. The van der Waals surface area contributed by atoms with Gasteiger partial charge in [0.05, 0.1) is 13.7 Å². The van der Waals surface area contributed by atoms with E-state index in [1.54, 1.807) is 61.5 Å². The zero-order valence-electron chi connectivity index (χ0n) is 17.6. The van der Waals surface area contributed by atoms with E-state index >= 15 is 0 Å². The first kappa shape index (κ1) is 22.4. The van der Waals surface area contributed by atoms with Gasteiger partial charge in [0.1, 0.15) is 22.8 Å². The number of ether oxygens (including phenoxy) is 2. The maximum absolute atomic E-state index is 12.5. The van der Waals surface area contributed by atoms with E-state index in [4.69, 9.17) is 19.6 Å². The quantitative estimate of drug-likeness (QED) is 0.428. The number of amides is 1. The lowest BCUT2D eigenvalue weighted by Gasteiger charge is -2.09. The molecule has 0 spiro atoms. The number of hydrogen-bond donors (Lipinski definition) is 2. The number of nitrogen functional groups attached to an aromatic ring is 1. The van der Waals surface area contributed by atoms with E-state index in [1.165, 1.54) is 19.3 Å². The van der Waals surface area contributed by atoms with Gasteiger partial charge >= 0.3 is 11.6 Å². The number of esters is 1. The van der Waals surface area contributed by atoms with Gasteiger partial charge in [0.25, 0.3) is 5.91 Å². The topological polar surface area (TPSA) is 121 Å². The number of benzene rings is 2. The lowest BCUT2D eigenvalue weighted by molar-refractivity contribution is 0.0522. The third kappa shape index (κ3) is 5.23. The highest BCUT2D eigenvalue weighted by atomic mass is 16.5. The molecule has 3 rings (SSSR count). The Morgan fingerprint density at radius 1 is 1.09 bits per heavy atom. The Balaban J connectivity index is 1.99. The molecule has 0 aliphatic heterocycles. The van der Waals surface area contributed by atoms with E-state index in [-0.39, 0.29) is 23.6 Å². The van der Waals surface area contributed by atoms with Crippen molar-refractivity contribution in [2.24, 2.45) is 0 Å². The summed E-state index contributed by atoms with van der Waals surface area (Å²) in [5.41, 5.74) is 6.38. The number of rotatable bonds is 7. The van der Waals surface area contributed by atoms with Gasteiger partial charge < -0.3 is 24.9 Å². The Bertz CT molecular complexity index is 1210. The molecule has 8 heteroatoms. The van der Waals surface area contributed by atoms with Crippen molar-refractivity contribution in [2.75, 3.05) is 24.8 Å². The molecule has 3 aromatic rings. The Kier molecular flexibility index (Phi) is 7.07. The Morgan fingerprint density at radius 2 is 1.84 bits per heavy atom. The van der Waals surface area contributed by atoms with Crippen LogP contribution in [0.5, 0.6) is 5.75 Å². The summed E-state index contributed by atoms with van der Waals surface area (Å²) in [6.07, 6.45) is 3.02. The highest BCUT2D eigenvalue weighted by molar-refractivity contribution is 6.05. The Morgan fingerprint density at radius 3 is 2.53 bits per heavy atom. The van der Waals surface area contributed by atoms with Crippen LogP contribution in [0.3, 0.4) is 0 Å². The first-order valence-electron chi connectivity index (χ1n) is 9.76. The zero-order valence-corrected chi connectivity index (χ0v) is 17.6. The van der Waals surface area contributed by atoms with E-state index in [9.17, 15) is 14.4 Å². The maximum atomic E-state index is 12.5. The summed E-state index contributed by atoms with van der Waals surface area (Å²) in [7, 11) is 1.53. The molecular weight excluding hydrogens is 412 g/mol. The van der Waals surface area contributed by atoms with Crippen molar-refractivity contribution in [3.05, 3.63) is 87.5 Å². The van der Waals surface area contributed by atoms with Gasteiger partial charge in [0, 0.05) is 16.8 Å². The molecule has 0 aliphatic rings. The molecule has 0 aliphatic carbocycles. The van der Waals surface area contributed by atoms with Crippen LogP contribution in [-0.2, 0) is 4.74 Å². The van der Waals surface area contributed by atoms with Gasteiger partial charge in [0.15, 0.2) is 0 Å². The molecule has 1 heterocycles. The molecule has 164 valence electrons. The number of hydrogen-bond acceptors (Lipinski definition) is 7. The number of anilines is 2. The average molecular weight is 434 g/mol. The first-order valence-corrected chi connectivity index (χ1v) is 9.76. The number of nitrogens with one attached hydrogen (secondary N) is 1. The fourth-order valence-corrected chi connectivity index (χ4v) is 2.84. The monoisotopic (exact) mass is 434 g/mol. The van der Waals surface area contributed by atoms with Crippen LogP contribution in [-0.4, -0.2) is 25.6 Å². The van der Waals surface area contributed by atoms with E-state index < -0.39 is 17.5 Å². The van der Waals surface area contributed by atoms with Crippen molar-refractivity contribution in [2.45, 2.75) is 6.92 Å². The second-order valence-electron chi connectivity index (χ2n) is 6.59. The van der Waals surface area contributed by atoms with Crippen molar-refractivity contribution < 1.29 is 23.5 Å². The predicted molar refractivity (Wildman–Crippen MR) is 122 cm³/mol. The smallest absolute Gasteiger partial charge is 0.360 e. The second-order valence-corrected chi connectivity index (χ2v) is 6.59. The molecule has 0 saturated heterocycles. The zero-order chi connectivity index (χ0) is 23.1. The normalized spacial score (nSPS) is 10.7. The highest BCUT2D eigenvalue weighted by Gasteiger charge is 2.19. The number of carbonyl (C=O) groups is 2. The van der Waals surface area contributed by atoms with Gasteiger partial charge in [-0.15, -0.1) is 0 Å². The molecule has 0 radical (unpaired) electrons. The molecule has 0 atom stereocenters. The van der Waals surface area contributed by atoms with Crippen LogP contribution >= 0.6 is 0 Å². The van der Waals surface area contributed by atoms with Crippen LogP contribution in [0.1, 0.15) is 39.0 Å². The van der Waals surface area contributed by atoms with Gasteiger partial charge in [-0.2, -0.15) is 0 Å². The molecule has 1 aromatic heterocycles. The van der Waals surface area contributed by atoms with Gasteiger partial charge in [-0.3, -0.25) is 4.79 Å². The van der Waals surface area contributed by atoms with Crippen LogP contribution in [0.4, 0.5) is 11.4 Å². The van der Waals surface area contributed by atoms with Crippen molar-refractivity contribution in [1.29, 1.82) is 0 Å². The van der Waals surface area contributed by atoms with E-state index in [0.717, 1.165) is 0 Å². The third-order valence-corrected chi connectivity index (χ3v) is 4.46. The number of carbonyl (C=O) groups excluding carboxylic acids is 2. The minimum absolute atomic E-state index is 0.0208. The van der Waals surface area contributed by atoms with Crippen molar-refractivity contribution in [3.8, 4) is 5.75 Å². The highest BCUT2D eigenvalue weighted by Crippen LogP contribution is 2.23. The van der Waals surface area contributed by atoms with E-state index in [2.05, 4.69) is 5.32 Å². The maximum Gasteiger partial charge on any atom is 0.360 e. The average Bonchev–Trinajstić information content (AvgIpc) is 2.80. The van der Waals surface area contributed by atoms with Crippen molar-refractivity contribution in [1.82, 2.24) is 0 Å². The van der Waals surface area contributed by atoms with E-state index in [1.807, 2.05) is 0 Å². The Labute approximate surface area is 184 Å². The molecule has 2 aromatic carbocycles. The lowest BCUT2D eigenvalue weighted by atomic mass is 10.1. The summed E-state index contributed by atoms with van der Waals surface area (Å²) in [5.74, 6) is -0.664. The fraction of sp³-hybridized carbons (Fsp3) is 0.125. The van der Waals surface area contributed by atoms with Gasteiger partial charge in [0.2, 0.25) is 0 Å². The molecule has 32 heavy (non-hydrogen) atoms. The van der Waals surface area contributed by atoms with Crippen molar-refractivity contribution >= 4 is 35.4 Å². The summed E-state index contributed by atoms with van der Waals surface area (Å²) >= 11 is 0. The predicted octanol–water partition coefficient (Wildman–Crippen LogP) is 3.83. The molecule has 0 fully saturated rings. The lowest BCUT2D eigenvalue weighted by Crippen LogP contribution is -2.20. The van der Waals surface area contributed by atoms with Gasteiger partial charge in [-0.1, -0.05) is 18.2 Å². The first-order chi connectivity index (χ1) is 15.4. The molecule has 3 N–H and O–H groups in total. The van der Waals surface area contributed by atoms with Crippen LogP contribution in [0.2, 0.25) is 0 Å². The minimum atomic E-state index is -0.819. The van der Waals surface area contributed by atoms with Gasteiger partial charge in [-0.05, 0) is 55.5 Å². The van der Waals surface area contributed by atoms with Crippen LogP contribution in [0.15, 0.2) is 63.8 Å². The standard InChI is InChI=1S/C24H22N2O6/c1-3-31-23(28)18-14-20(26-22(27)15-7-5-4-6-8-15)24(29)32-21(18)12-9-16-13-17(30-2)10-11-19(16)25/h4-14H,3,25H2,1-2H3,(H,26,27)/b12-9+. The molecule has 1 amide bonds. The summed E-state index contributed by atoms with van der Waals surface area (Å²) in [5, 5.41) is 2.48. The van der Waals surface area contributed by atoms with Gasteiger partial charge in [-0.25, -0.2) is 9.59 Å². The molecule has 8 nitrogen and oxygen atoms in total. The molecule has 0 saturated carbocycles. The van der Waals surface area contributed by atoms with Crippen LogP contribution in [0.25, 0.3) is 12.2 Å². The Hall–Kier alpha value is -4.33. The van der Waals surface area contributed by atoms with Crippen LogP contribution < -0.4 is 21.4 Å². The summed E-state index contributed by atoms with van der Waals surface area (Å²) < 4.78 is 15.6. The summed E-state index contributed by atoms with van der Waals surface area (Å²) in [6, 6.07) is 14.7. The van der Waals surface area contributed by atoms with Crippen LogP contribution in [0, 0.1) is 0 Å². The molecular formula is C24H22N2O6. The minimum Gasteiger partial charge on any atom is -0.497 e. The largest absolute Gasteiger partial charge is 0.497 e. The van der Waals surface area contributed by atoms with E-state index in [0.29, 0.717) is 22.6 Å². The van der Waals surface area contributed by atoms with Crippen molar-refractivity contribution in [3.63, 3.8) is 0 Å². The molecule has 0 bridgehead atoms. The number of nitrogens with two attached hydrogens (primary N) is 1. The fourth-order valence-electron chi connectivity index (χ4n) is 2.84. The summed E-state index contributed by atoms with van der Waals surface area (Å²) in [4.78, 5) is 37.4. The summed E-state index contributed by atoms with van der Waals surface area (Å²) in [6.45, 7) is 1.78. The third-order valence-electron chi connectivity index (χ3n) is 4.46.